The van der Waals surface area contributed by atoms with Crippen LogP contribution in [0.15, 0.2) is 48.8 Å². The highest BCUT2D eigenvalue weighted by atomic mass is 16.5. The van der Waals surface area contributed by atoms with Crippen molar-refractivity contribution in [2.45, 2.75) is 19.9 Å². The maximum Gasteiger partial charge on any atom is 0.248 e. The Morgan fingerprint density at radius 2 is 1.87 bits per heavy atom. The van der Waals surface area contributed by atoms with E-state index in [1.54, 1.807) is 23.1 Å². The van der Waals surface area contributed by atoms with Crippen LogP contribution >= 0.6 is 0 Å². The maximum atomic E-state index is 12.4. The van der Waals surface area contributed by atoms with Crippen molar-refractivity contribution in [3.8, 4) is 0 Å². The van der Waals surface area contributed by atoms with Gasteiger partial charge in [0.2, 0.25) is 11.9 Å². The van der Waals surface area contributed by atoms with Gasteiger partial charge in [0.05, 0.1) is 13.2 Å². The molecule has 1 amide bonds. The minimum atomic E-state index is -0.389. The second kappa shape index (κ2) is 8.91. The first-order chi connectivity index (χ1) is 14.6. The molecule has 1 saturated heterocycles. The summed E-state index contributed by atoms with van der Waals surface area (Å²) in [6.07, 6.45) is 3.43. The van der Waals surface area contributed by atoms with Crippen LogP contribution in [0.4, 0.5) is 23.1 Å². The summed E-state index contributed by atoms with van der Waals surface area (Å²) in [5, 5.41) is 10.3. The van der Waals surface area contributed by atoms with Gasteiger partial charge in [-0.15, -0.1) is 0 Å². The number of anilines is 4. The van der Waals surface area contributed by atoms with Crippen molar-refractivity contribution in [3.63, 3.8) is 0 Å². The van der Waals surface area contributed by atoms with Gasteiger partial charge in [0.15, 0.2) is 0 Å². The number of amides is 1. The second-order valence-electron chi connectivity index (χ2n) is 7.15. The number of carbonyl (C=O) groups excluding carboxylic acids is 1. The number of nitrogens with one attached hydrogen (secondary N) is 2. The third-order valence-corrected chi connectivity index (χ3v) is 4.86. The molecule has 1 aliphatic rings. The summed E-state index contributed by atoms with van der Waals surface area (Å²) in [5.41, 5.74) is 2.49. The number of benzene rings is 1. The molecule has 0 saturated carbocycles. The van der Waals surface area contributed by atoms with Crippen LogP contribution in [0, 0.1) is 6.92 Å². The zero-order valence-corrected chi connectivity index (χ0v) is 17.1. The summed E-state index contributed by atoms with van der Waals surface area (Å²) >= 11 is 0. The smallest absolute Gasteiger partial charge is 0.248 e. The predicted octanol–water partition coefficient (Wildman–Crippen LogP) is 2.76. The van der Waals surface area contributed by atoms with Crippen molar-refractivity contribution in [1.82, 2.24) is 19.7 Å². The van der Waals surface area contributed by atoms with E-state index < -0.39 is 0 Å². The van der Waals surface area contributed by atoms with Crippen molar-refractivity contribution in [1.29, 1.82) is 0 Å². The van der Waals surface area contributed by atoms with E-state index in [4.69, 9.17) is 4.74 Å². The summed E-state index contributed by atoms with van der Waals surface area (Å²) in [7, 11) is 0. The van der Waals surface area contributed by atoms with Crippen LogP contribution in [0.5, 0.6) is 0 Å². The van der Waals surface area contributed by atoms with Crippen LogP contribution in [0.25, 0.3) is 0 Å². The van der Waals surface area contributed by atoms with Crippen molar-refractivity contribution in [2.75, 3.05) is 41.8 Å². The first-order valence-corrected chi connectivity index (χ1v) is 9.94. The van der Waals surface area contributed by atoms with Crippen molar-refractivity contribution in [2.24, 2.45) is 0 Å². The predicted molar refractivity (Wildman–Crippen MR) is 115 cm³/mol. The molecule has 1 atom stereocenters. The minimum absolute atomic E-state index is 0.124. The highest BCUT2D eigenvalue weighted by Gasteiger charge is 2.16. The van der Waals surface area contributed by atoms with Gasteiger partial charge in [-0.2, -0.15) is 10.1 Å². The lowest BCUT2D eigenvalue weighted by Crippen LogP contribution is -2.37. The van der Waals surface area contributed by atoms with Crippen LogP contribution in [-0.4, -0.2) is 52.0 Å². The van der Waals surface area contributed by atoms with Gasteiger partial charge in [-0.05, 0) is 44.2 Å². The molecule has 0 radical (unpaired) electrons. The van der Waals surface area contributed by atoms with Gasteiger partial charge in [-0.3, -0.25) is 9.48 Å². The average Bonchev–Trinajstić information content (AvgIpc) is 3.30. The van der Waals surface area contributed by atoms with Gasteiger partial charge in [0, 0.05) is 48.6 Å². The molecule has 1 fully saturated rings. The second-order valence-corrected chi connectivity index (χ2v) is 7.15. The van der Waals surface area contributed by atoms with Crippen molar-refractivity contribution >= 4 is 29.0 Å². The third-order valence-electron chi connectivity index (χ3n) is 4.86. The van der Waals surface area contributed by atoms with Crippen molar-refractivity contribution in [3.05, 3.63) is 54.5 Å². The molecular formula is C21H25N7O2. The molecule has 9 nitrogen and oxygen atoms in total. The number of nitrogens with zero attached hydrogens (tertiary/aromatic N) is 5. The van der Waals surface area contributed by atoms with E-state index >= 15 is 0 Å². The molecule has 3 aromatic rings. The summed E-state index contributed by atoms with van der Waals surface area (Å²) in [5.74, 6) is 1.31. The van der Waals surface area contributed by atoms with E-state index in [2.05, 4.69) is 30.6 Å². The Morgan fingerprint density at radius 1 is 1.13 bits per heavy atom. The highest BCUT2D eigenvalue weighted by Crippen LogP contribution is 2.21. The standard InChI is InChI=1S/C21H25N7O2/c1-15-14-19(26-21(23-15)27-10-12-30-13-11-27)24-17-4-6-18(7-5-17)25-20(29)16(2)28-9-3-8-22-28/h3-9,14,16H,10-13H2,1-2H3,(H,25,29)(H,23,24,26). The average molecular weight is 407 g/mol. The molecular weight excluding hydrogens is 382 g/mol. The molecule has 0 bridgehead atoms. The number of aryl methyl sites for hydroxylation is 1. The molecule has 30 heavy (non-hydrogen) atoms. The van der Waals surface area contributed by atoms with E-state index in [1.807, 2.05) is 44.2 Å². The Labute approximate surface area is 175 Å². The molecule has 156 valence electrons. The molecule has 1 aliphatic heterocycles. The Kier molecular flexibility index (Phi) is 5.89. The van der Waals surface area contributed by atoms with E-state index in [9.17, 15) is 4.79 Å². The molecule has 3 heterocycles. The maximum absolute atomic E-state index is 12.4. The quantitative estimate of drug-likeness (QED) is 0.648. The van der Waals surface area contributed by atoms with Gasteiger partial charge >= 0.3 is 0 Å². The normalized spacial score (nSPS) is 14.9. The Balaban J connectivity index is 1.41. The number of carbonyl (C=O) groups is 1. The van der Waals surface area contributed by atoms with Gasteiger partial charge in [-0.1, -0.05) is 0 Å². The number of hydrogen-bond acceptors (Lipinski definition) is 7. The molecule has 9 heteroatoms. The topological polar surface area (TPSA) is 97.2 Å². The van der Waals surface area contributed by atoms with Crippen molar-refractivity contribution < 1.29 is 9.53 Å². The summed E-state index contributed by atoms with van der Waals surface area (Å²) in [6, 6.07) is 10.8. The monoisotopic (exact) mass is 407 g/mol. The summed E-state index contributed by atoms with van der Waals surface area (Å²) in [4.78, 5) is 23.7. The fraction of sp³-hybridized carbons (Fsp3) is 0.333. The largest absolute Gasteiger partial charge is 0.378 e. The van der Waals surface area contributed by atoms with E-state index in [0.29, 0.717) is 19.2 Å². The van der Waals surface area contributed by atoms with Crippen LogP contribution in [0.2, 0.25) is 0 Å². The molecule has 1 aromatic carbocycles. The number of aromatic nitrogens is 4. The molecule has 2 aromatic heterocycles. The lowest BCUT2D eigenvalue weighted by Gasteiger charge is -2.27. The summed E-state index contributed by atoms with van der Waals surface area (Å²) in [6.45, 7) is 6.71. The van der Waals surface area contributed by atoms with Crippen LogP contribution in [-0.2, 0) is 9.53 Å². The number of morpholine rings is 1. The molecule has 1 unspecified atom stereocenters. The Morgan fingerprint density at radius 3 is 2.57 bits per heavy atom. The zero-order chi connectivity index (χ0) is 20.9. The molecule has 0 aliphatic carbocycles. The van der Waals surface area contributed by atoms with Crippen LogP contribution in [0.1, 0.15) is 18.7 Å². The summed E-state index contributed by atoms with van der Waals surface area (Å²) < 4.78 is 7.02. The number of ether oxygens (including phenoxy) is 1. The van der Waals surface area contributed by atoms with Gasteiger partial charge < -0.3 is 20.3 Å². The highest BCUT2D eigenvalue weighted by molar-refractivity contribution is 5.93. The Hall–Kier alpha value is -3.46. The first kappa shape index (κ1) is 19.8. The molecule has 4 rings (SSSR count). The number of hydrogen-bond donors (Lipinski definition) is 2. The fourth-order valence-corrected chi connectivity index (χ4v) is 3.18. The van der Waals surface area contributed by atoms with Gasteiger partial charge in [-0.25, -0.2) is 4.98 Å². The van der Waals surface area contributed by atoms with Crippen LogP contribution < -0.4 is 15.5 Å². The van der Waals surface area contributed by atoms with E-state index in [-0.39, 0.29) is 11.9 Å². The van der Waals surface area contributed by atoms with E-state index in [1.165, 1.54) is 0 Å². The zero-order valence-electron chi connectivity index (χ0n) is 17.1. The lowest BCUT2D eigenvalue weighted by molar-refractivity contribution is -0.119. The molecule has 2 N–H and O–H groups in total. The third kappa shape index (κ3) is 4.74. The van der Waals surface area contributed by atoms with Crippen LogP contribution in [0.3, 0.4) is 0 Å². The van der Waals surface area contributed by atoms with Gasteiger partial charge in [0.25, 0.3) is 0 Å². The lowest BCUT2D eigenvalue weighted by atomic mass is 10.2. The fourth-order valence-electron chi connectivity index (χ4n) is 3.18. The SMILES string of the molecule is Cc1cc(Nc2ccc(NC(=O)C(C)n3cccn3)cc2)nc(N2CCOCC2)n1. The first-order valence-electron chi connectivity index (χ1n) is 9.94. The van der Waals surface area contributed by atoms with E-state index in [0.717, 1.165) is 36.0 Å². The molecule has 0 spiro atoms. The Bertz CT molecular complexity index is 983. The van der Waals surface area contributed by atoms with Gasteiger partial charge in [0.1, 0.15) is 11.9 Å². The number of rotatable bonds is 6. The minimum Gasteiger partial charge on any atom is -0.378 e.